The van der Waals surface area contributed by atoms with Crippen LogP contribution in [-0.4, -0.2) is 18.3 Å². The third-order valence-electron chi connectivity index (χ3n) is 3.60. The van der Waals surface area contributed by atoms with Crippen LogP contribution in [0.2, 0.25) is 0 Å². The number of benzene rings is 1. The molecule has 0 aliphatic heterocycles. The maximum absolute atomic E-state index is 11.8. The molecule has 0 saturated heterocycles. The number of anilines is 1. The molecule has 0 heterocycles. The Labute approximate surface area is 118 Å². The number of nitrogen functional groups attached to an aromatic ring is 1. The summed E-state index contributed by atoms with van der Waals surface area (Å²) in [4.78, 5) is 11.8. The van der Waals surface area contributed by atoms with E-state index >= 15 is 0 Å². The highest BCUT2D eigenvalue weighted by Crippen LogP contribution is 2.32. The largest absolute Gasteiger partial charge is 0.465 e. The Morgan fingerprint density at radius 3 is 2.79 bits per heavy atom. The summed E-state index contributed by atoms with van der Waals surface area (Å²) in [6.45, 7) is 0. The van der Waals surface area contributed by atoms with Crippen LogP contribution in [-0.2, 0) is 10.5 Å². The van der Waals surface area contributed by atoms with Crippen molar-refractivity contribution in [2.45, 2.75) is 43.1 Å². The van der Waals surface area contributed by atoms with Crippen LogP contribution in [0.1, 0.15) is 48.0 Å². The summed E-state index contributed by atoms with van der Waals surface area (Å²) in [7, 11) is 1.40. The minimum atomic E-state index is -0.336. The van der Waals surface area contributed by atoms with Crippen molar-refractivity contribution in [1.29, 1.82) is 0 Å². The number of carbonyl (C=O) groups is 1. The van der Waals surface area contributed by atoms with E-state index in [4.69, 9.17) is 10.5 Å². The molecule has 0 radical (unpaired) electrons. The second-order valence-corrected chi connectivity index (χ2v) is 6.23. The zero-order chi connectivity index (χ0) is 13.7. The molecule has 0 atom stereocenters. The smallest absolute Gasteiger partial charge is 0.340 e. The summed E-state index contributed by atoms with van der Waals surface area (Å²) in [6.07, 6.45) is 6.61. The van der Waals surface area contributed by atoms with Gasteiger partial charge in [0.05, 0.1) is 12.7 Å². The second-order valence-electron chi connectivity index (χ2n) is 4.94. The summed E-state index contributed by atoms with van der Waals surface area (Å²) in [5.74, 6) is 0.498. The van der Waals surface area contributed by atoms with E-state index in [0.29, 0.717) is 11.3 Å². The molecule has 19 heavy (non-hydrogen) atoms. The Morgan fingerprint density at radius 1 is 1.37 bits per heavy atom. The van der Waals surface area contributed by atoms with Gasteiger partial charge >= 0.3 is 5.97 Å². The molecule has 104 valence electrons. The molecule has 3 nitrogen and oxygen atoms in total. The highest BCUT2D eigenvalue weighted by atomic mass is 32.2. The molecule has 1 aromatic carbocycles. The minimum Gasteiger partial charge on any atom is -0.465 e. The van der Waals surface area contributed by atoms with E-state index in [-0.39, 0.29) is 5.97 Å². The summed E-state index contributed by atoms with van der Waals surface area (Å²) in [5.41, 5.74) is 7.93. The zero-order valence-electron chi connectivity index (χ0n) is 11.4. The lowest BCUT2D eigenvalue weighted by Crippen LogP contribution is -2.11. The third-order valence-corrected chi connectivity index (χ3v) is 5.02. The van der Waals surface area contributed by atoms with Gasteiger partial charge in [-0.15, -0.1) is 0 Å². The number of rotatable bonds is 4. The van der Waals surface area contributed by atoms with Gasteiger partial charge in [0, 0.05) is 16.7 Å². The number of ether oxygens (including phenoxy) is 1. The number of carbonyl (C=O) groups excluding carboxylic acids is 1. The Kier molecular flexibility index (Phi) is 5.14. The fraction of sp³-hybridized carbons (Fsp3) is 0.533. The average Bonchev–Trinajstić information content (AvgIpc) is 2.45. The average molecular weight is 279 g/mol. The summed E-state index contributed by atoms with van der Waals surface area (Å²) < 4.78 is 4.82. The van der Waals surface area contributed by atoms with Crippen LogP contribution < -0.4 is 5.73 Å². The molecule has 0 aromatic heterocycles. The third kappa shape index (κ3) is 3.66. The van der Waals surface area contributed by atoms with Crippen LogP contribution in [0.25, 0.3) is 0 Å². The molecular weight excluding hydrogens is 258 g/mol. The molecule has 2 rings (SSSR count). The zero-order valence-corrected chi connectivity index (χ0v) is 12.2. The monoisotopic (exact) mass is 279 g/mol. The van der Waals surface area contributed by atoms with Crippen molar-refractivity contribution in [2.75, 3.05) is 12.8 Å². The van der Waals surface area contributed by atoms with Gasteiger partial charge in [-0.05, 0) is 24.5 Å². The molecule has 2 N–H and O–H groups in total. The van der Waals surface area contributed by atoms with E-state index in [1.54, 1.807) is 6.07 Å². The van der Waals surface area contributed by atoms with E-state index in [0.717, 1.165) is 16.6 Å². The van der Waals surface area contributed by atoms with Crippen LogP contribution in [0.4, 0.5) is 5.69 Å². The standard InChI is InChI=1S/C15H21NO2S/c1-18-15(17)14-11(6-5-9-13(14)16)10-19-12-7-3-2-4-8-12/h5-6,9,12H,2-4,7-8,10,16H2,1H3. The van der Waals surface area contributed by atoms with Gasteiger partial charge in [0.1, 0.15) is 0 Å². The normalized spacial score (nSPS) is 16.3. The van der Waals surface area contributed by atoms with E-state index in [2.05, 4.69) is 0 Å². The van der Waals surface area contributed by atoms with Gasteiger partial charge in [0.2, 0.25) is 0 Å². The highest BCUT2D eigenvalue weighted by Gasteiger charge is 2.18. The predicted molar refractivity (Wildman–Crippen MR) is 80.4 cm³/mol. The van der Waals surface area contributed by atoms with Crippen LogP contribution in [0.15, 0.2) is 18.2 Å². The second kappa shape index (κ2) is 6.85. The molecule has 4 heteroatoms. The SMILES string of the molecule is COC(=O)c1c(N)cccc1CSC1CCCCC1. The Morgan fingerprint density at radius 2 is 2.11 bits per heavy atom. The highest BCUT2D eigenvalue weighted by molar-refractivity contribution is 7.99. The molecule has 1 fully saturated rings. The quantitative estimate of drug-likeness (QED) is 0.675. The van der Waals surface area contributed by atoms with Crippen molar-refractivity contribution in [3.05, 3.63) is 29.3 Å². The fourth-order valence-electron chi connectivity index (χ4n) is 2.53. The van der Waals surface area contributed by atoms with E-state index < -0.39 is 0 Å². The topological polar surface area (TPSA) is 52.3 Å². The van der Waals surface area contributed by atoms with E-state index in [9.17, 15) is 4.79 Å². The van der Waals surface area contributed by atoms with Gasteiger partial charge in [0.25, 0.3) is 0 Å². The van der Waals surface area contributed by atoms with Crippen molar-refractivity contribution in [3.8, 4) is 0 Å². The van der Waals surface area contributed by atoms with Crippen molar-refractivity contribution >= 4 is 23.4 Å². The number of hydrogen-bond acceptors (Lipinski definition) is 4. The van der Waals surface area contributed by atoms with Crippen LogP contribution in [0, 0.1) is 0 Å². The summed E-state index contributed by atoms with van der Waals surface area (Å²) in [5, 5.41) is 0.723. The maximum Gasteiger partial charge on any atom is 0.340 e. The van der Waals surface area contributed by atoms with Gasteiger partial charge in [-0.3, -0.25) is 0 Å². The number of methoxy groups -OCH3 is 1. The molecule has 0 spiro atoms. The first kappa shape index (κ1) is 14.3. The van der Waals surface area contributed by atoms with Crippen LogP contribution in [0.3, 0.4) is 0 Å². The summed E-state index contributed by atoms with van der Waals surface area (Å²) >= 11 is 1.94. The van der Waals surface area contributed by atoms with Crippen molar-refractivity contribution in [1.82, 2.24) is 0 Å². The molecule has 1 saturated carbocycles. The number of thioether (sulfide) groups is 1. The van der Waals surface area contributed by atoms with Crippen molar-refractivity contribution < 1.29 is 9.53 Å². The molecular formula is C15H21NO2S. The molecule has 1 aliphatic carbocycles. The Bertz CT molecular complexity index is 442. The van der Waals surface area contributed by atoms with Gasteiger partial charge < -0.3 is 10.5 Å². The lowest BCUT2D eigenvalue weighted by molar-refractivity contribution is 0.0601. The van der Waals surface area contributed by atoms with Crippen molar-refractivity contribution in [3.63, 3.8) is 0 Å². The summed E-state index contributed by atoms with van der Waals surface area (Å²) in [6, 6.07) is 5.62. The first-order chi connectivity index (χ1) is 9.22. The Balaban J connectivity index is 2.06. The minimum absolute atomic E-state index is 0.336. The van der Waals surface area contributed by atoms with Crippen LogP contribution in [0.5, 0.6) is 0 Å². The van der Waals surface area contributed by atoms with Gasteiger partial charge in [0.15, 0.2) is 0 Å². The lowest BCUT2D eigenvalue weighted by atomic mass is 10.0. The van der Waals surface area contributed by atoms with Crippen LogP contribution >= 0.6 is 11.8 Å². The predicted octanol–water partition coefficient (Wildman–Crippen LogP) is 3.62. The van der Waals surface area contributed by atoms with E-state index in [1.165, 1.54) is 39.2 Å². The number of esters is 1. The molecule has 1 aliphatic rings. The number of hydrogen-bond donors (Lipinski definition) is 1. The van der Waals surface area contributed by atoms with Gasteiger partial charge in [-0.1, -0.05) is 31.4 Å². The van der Waals surface area contributed by atoms with E-state index in [1.807, 2.05) is 23.9 Å². The van der Waals surface area contributed by atoms with Crippen molar-refractivity contribution in [2.24, 2.45) is 0 Å². The van der Waals surface area contributed by atoms with Gasteiger partial charge in [-0.2, -0.15) is 11.8 Å². The Hall–Kier alpha value is -1.16. The maximum atomic E-state index is 11.8. The molecule has 1 aromatic rings. The lowest BCUT2D eigenvalue weighted by Gasteiger charge is -2.21. The first-order valence-electron chi connectivity index (χ1n) is 6.79. The molecule has 0 unspecified atom stereocenters. The van der Waals surface area contributed by atoms with Gasteiger partial charge in [-0.25, -0.2) is 4.79 Å². The molecule has 0 amide bonds. The first-order valence-corrected chi connectivity index (χ1v) is 7.84. The fourth-order valence-corrected chi connectivity index (χ4v) is 3.85. The molecule has 0 bridgehead atoms. The number of nitrogens with two attached hydrogens (primary N) is 1.